The molecule has 0 radical (unpaired) electrons. The third kappa shape index (κ3) is 3.90. The van der Waals surface area contributed by atoms with Crippen molar-refractivity contribution in [3.05, 3.63) is 29.3 Å². The molecule has 6 heteroatoms. The molecule has 0 bridgehead atoms. The first-order chi connectivity index (χ1) is 9.56. The fourth-order valence-corrected chi connectivity index (χ4v) is 3.26. The fraction of sp³-hybridized carbons (Fsp3) is 0.429. The molecule has 20 heavy (non-hydrogen) atoms. The predicted octanol–water partition coefficient (Wildman–Crippen LogP) is 2.71. The topological polar surface area (TPSA) is 78.4 Å². The maximum absolute atomic E-state index is 11.9. The Morgan fingerprint density at radius 1 is 1.40 bits per heavy atom. The molecule has 1 aromatic carbocycles. The predicted molar refractivity (Wildman–Crippen MR) is 80.6 cm³/mol. The molecule has 0 spiro atoms. The fourth-order valence-electron chi connectivity index (χ4n) is 2.19. The minimum absolute atomic E-state index is 0.216. The van der Waals surface area contributed by atoms with E-state index in [-0.39, 0.29) is 17.6 Å². The van der Waals surface area contributed by atoms with Crippen LogP contribution in [0, 0.1) is 6.92 Å². The van der Waals surface area contributed by atoms with Crippen molar-refractivity contribution in [1.29, 1.82) is 0 Å². The number of nitrogens with one attached hydrogen (secondary N) is 2. The largest absolute Gasteiger partial charge is 0.478 e. The van der Waals surface area contributed by atoms with Gasteiger partial charge in [0.15, 0.2) is 0 Å². The number of hydrogen-bond acceptors (Lipinski definition) is 3. The number of hydrogen-bond donors (Lipinski definition) is 3. The lowest BCUT2D eigenvalue weighted by Crippen LogP contribution is -2.40. The number of rotatable bonds is 3. The van der Waals surface area contributed by atoms with E-state index < -0.39 is 5.97 Å². The van der Waals surface area contributed by atoms with E-state index in [0.29, 0.717) is 11.3 Å². The second-order valence-corrected chi connectivity index (χ2v) is 6.00. The second-order valence-electron chi connectivity index (χ2n) is 4.85. The van der Waals surface area contributed by atoms with Crippen molar-refractivity contribution in [3.63, 3.8) is 0 Å². The molecule has 1 aromatic rings. The maximum Gasteiger partial charge on any atom is 0.335 e. The average molecular weight is 294 g/mol. The minimum Gasteiger partial charge on any atom is -0.478 e. The number of carbonyl (C=O) groups excluding carboxylic acids is 1. The van der Waals surface area contributed by atoms with Crippen LogP contribution in [0.4, 0.5) is 10.5 Å². The van der Waals surface area contributed by atoms with Crippen LogP contribution in [0.2, 0.25) is 0 Å². The van der Waals surface area contributed by atoms with Gasteiger partial charge >= 0.3 is 12.0 Å². The van der Waals surface area contributed by atoms with E-state index in [1.807, 2.05) is 11.8 Å². The van der Waals surface area contributed by atoms with E-state index in [2.05, 4.69) is 10.6 Å². The molecule has 1 heterocycles. The Bertz CT molecular complexity index is 513. The number of aryl methyl sites for hydroxylation is 1. The van der Waals surface area contributed by atoms with Gasteiger partial charge in [0, 0.05) is 17.5 Å². The number of carboxylic acids is 1. The van der Waals surface area contributed by atoms with Crippen LogP contribution in [0.25, 0.3) is 0 Å². The summed E-state index contributed by atoms with van der Waals surface area (Å²) in [5.41, 5.74) is 1.48. The van der Waals surface area contributed by atoms with Gasteiger partial charge in [-0.2, -0.15) is 11.8 Å². The quantitative estimate of drug-likeness (QED) is 0.801. The van der Waals surface area contributed by atoms with Gasteiger partial charge in [0.25, 0.3) is 0 Å². The highest BCUT2D eigenvalue weighted by Crippen LogP contribution is 2.18. The van der Waals surface area contributed by atoms with Gasteiger partial charge in [-0.3, -0.25) is 0 Å². The molecule has 0 aromatic heterocycles. The summed E-state index contributed by atoms with van der Waals surface area (Å²) < 4.78 is 0. The Morgan fingerprint density at radius 2 is 2.20 bits per heavy atom. The molecule has 0 saturated carbocycles. The highest BCUT2D eigenvalue weighted by atomic mass is 32.2. The zero-order valence-corrected chi connectivity index (χ0v) is 12.1. The Morgan fingerprint density at radius 3 is 2.80 bits per heavy atom. The van der Waals surface area contributed by atoms with Crippen molar-refractivity contribution in [3.8, 4) is 0 Å². The van der Waals surface area contributed by atoms with Crippen molar-refractivity contribution < 1.29 is 14.7 Å². The Kier molecular flexibility index (Phi) is 4.89. The Balaban J connectivity index is 1.93. The van der Waals surface area contributed by atoms with Crippen molar-refractivity contribution >= 4 is 29.4 Å². The molecule has 0 aliphatic carbocycles. The molecule has 3 N–H and O–H groups in total. The molecule has 2 rings (SSSR count). The van der Waals surface area contributed by atoms with Gasteiger partial charge in [0.05, 0.1) is 5.56 Å². The molecular weight excluding hydrogens is 276 g/mol. The van der Waals surface area contributed by atoms with E-state index >= 15 is 0 Å². The highest BCUT2D eigenvalue weighted by Gasteiger charge is 2.16. The summed E-state index contributed by atoms with van der Waals surface area (Å²) in [6, 6.07) is 4.75. The Labute approximate surface area is 122 Å². The smallest absolute Gasteiger partial charge is 0.335 e. The van der Waals surface area contributed by atoms with Crippen molar-refractivity contribution in [1.82, 2.24) is 5.32 Å². The van der Waals surface area contributed by atoms with Crippen LogP contribution >= 0.6 is 11.8 Å². The number of anilines is 1. The van der Waals surface area contributed by atoms with E-state index in [9.17, 15) is 9.59 Å². The number of urea groups is 1. The lowest BCUT2D eigenvalue weighted by atomic mass is 10.1. The van der Waals surface area contributed by atoms with Crippen LogP contribution in [0.5, 0.6) is 0 Å². The van der Waals surface area contributed by atoms with Gasteiger partial charge in [-0.25, -0.2) is 9.59 Å². The van der Waals surface area contributed by atoms with Crippen molar-refractivity contribution in [2.45, 2.75) is 25.8 Å². The molecule has 1 atom stereocenters. The summed E-state index contributed by atoms with van der Waals surface area (Å²) in [7, 11) is 0. The standard InChI is InChI=1S/C14H18N2O3S/c1-9-7-10(4-5-12(9)13(17)18)15-14(19)16-11-3-2-6-20-8-11/h4-5,7,11H,2-3,6,8H2,1H3,(H,17,18)(H2,15,16,19). The highest BCUT2D eigenvalue weighted by molar-refractivity contribution is 7.99. The SMILES string of the molecule is Cc1cc(NC(=O)NC2CCCSC2)ccc1C(=O)O. The van der Waals surface area contributed by atoms with Gasteiger partial charge in [-0.15, -0.1) is 0 Å². The van der Waals surface area contributed by atoms with Crippen LogP contribution in [-0.4, -0.2) is 34.7 Å². The third-order valence-corrected chi connectivity index (χ3v) is 4.43. The van der Waals surface area contributed by atoms with Gasteiger partial charge < -0.3 is 15.7 Å². The first-order valence-electron chi connectivity index (χ1n) is 6.55. The first kappa shape index (κ1) is 14.7. The number of benzene rings is 1. The summed E-state index contributed by atoms with van der Waals surface area (Å²) in [5, 5.41) is 14.6. The molecule has 1 saturated heterocycles. The monoisotopic (exact) mass is 294 g/mol. The van der Waals surface area contributed by atoms with Gasteiger partial charge in [0.2, 0.25) is 0 Å². The lowest BCUT2D eigenvalue weighted by Gasteiger charge is -2.22. The third-order valence-electron chi connectivity index (χ3n) is 3.21. The summed E-state index contributed by atoms with van der Waals surface area (Å²) in [5.74, 6) is 1.15. The average Bonchev–Trinajstić information content (AvgIpc) is 2.39. The van der Waals surface area contributed by atoms with Gasteiger partial charge in [-0.1, -0.05) is 0 Å². The number of carbonyl (C=O) groups is 2. The summed E-state index contributed by atoms with van der Waals surface area (Å²) >= 11 is 1.85. The second kappa shape index (κ2) is 6.65. The van der Waals surface area contributed by atoms with E-state index in [1.54, 1.807) is 19.1 Å². The molecule has 1 unspecified atom stereocenters. The number of thioether (sulfide) groups is 1. The minimum atomic E-state index is -0.960. The summed E-state index contributed by atoms with van der Waals surface area (Å²) in [6.45, 7) is 1.71. The zero-order valence-electron chi connectivity index (χ0n) is 11.3. The molecule has 1 aliphatic heterocycles. The van der Waals surface area contributed by atoms with Gasteiger partial charge in [0.1, 0.15) is 0 Å². The Hall–Kier alpha value is -1.69. The van der Waals surface area contributed by atoms with Crippen molar-refractivity contribution in [2.24, 2.45) is 0 Å². The number of aromatic carboxylic acids is 1. The first-order valence-corrected chi connectivity index (χ1v) is 7.71. The van der Waals surface area contributed by atoms with Crippen LogP contribution in [0.3, 0.4) is 0 Å². The van der Waals surface area contributed by atoms with Crippen LogP contribution < -0.4 is 10.6 Å². The van der Waals surface area contributed by atoms with Crippen LogP contribution in [0.15, 0.2) is 18.2 Å². The maximum atomic E-state index is 11.9. The van der Waals surface area contributed by atoms with Crippen molar-refractivity contribution in [2.75, 3.05) is 16.8 Å². The number of carboxylic acid groups (broad SMARTS) is 1. The summed E-state index contributed by atoms with van der Waals surface area (Å²) in [4.78, 5) is 22.8. The van der Waals surface area contributed by atoms with Crippen LogP contribution in [0.1, 0.15) is 28.8 Å². The number of amides is 2. The van der Waals surface area contributed by atoms with E-state index in [0.717, 1.165) is 24.3 Å². The molecule has 108 valence electrons. The molecule has 1 fully saturated rings. The molecule has 5 nitrogen and oxygen atoms in total. The van der Waals surface area contributed by atoms with Crippen LogP contribution in [-0.2, 0) is 0 Å². The van der Waals surface area contributed by atoms with Gasteiger partial charge in [-0.05, 0) is 49.3 Å². The lowest BCUT2D eigenvalue weighted by molar-refractivity contribution is 0.0696. The molecule has 1 aliphatic rings. The van der Waals surface area contributed by atoms with E-state index in [1.165, 1.54) is 6.07 Å². The van der Waals surface area contributed by atoms with E-state index in [4.69, 9.17) is 5.11 Å². The molecule has 2 amide bonds. The summed E-state index contributed by atoms with van der Waals surface area (Å²) in [6.07, 6.45) is 2.14. The zero-order chi connectivity index (χ0) is 14.5. The normalized spacial score (nSPS) is 18.4. The molecular formula is C14H18N2O3S.